The summed E-state index contributed by atoms with van der Waals surface area (Å²) in [6.45, 7) is 25.9. The Morgan fingerprint density at radius 1 is 0.397 bits per heavy atom. The van der Waals surface area contributed by atoms with Gasteiger partial charge < -0.3 is 14.7 Å². The lowest BCUT2D eigenvalue weighted by Crippen LogP contribution is -2.61. The highest BCUT2D eigenvalue weighted by molar-refractivity contribution is 7.00. The minimum atomic E-state index is -0.265. The largest absolute Gasteiger partial charge is 0.311 e. The smallest absolute Gasteiger partial charge is 0.252 e. The first-order chi connectivity index (χ1) is 34.9. The van der Waals surface area contributed by atoms with Gasteiger partial charge in [-0.3, -0.25) is 0 Å². The van der Waals surface area contributed by atoms with Crippen LogP contribution in [0.3, 0.4) is 0 Å². The van der Waals surface area contributed by atoms with Crippen LogP contribution in [-0.4, -0.2) is 6.71 Å². The molecule has 0 aromatic heterocycles. The van der Waals surface area contributed by atoms with Crippen LogP contribution in [0.4, 0.5) is 51.2 Å². The zero-order chi connectivity index (χ0) is 50.8. The molecule has 0 atom stereocenters. The van der Waals surface area contributed by atoms with E-state index in [1.165, 1.54) is 101 Å². The second-order valence-electron chi connectivity index (χ2n) is 24.3. The summed E-state index contributed by atoms with van der Waals surface area (Å²) in [7, 11) is 0. The zero-order valence-electron chi connectivity index (χ0n) is 44.5. The molecule has 3 aliphatic rings. The van der Waals surface area contributed by atoms with Crippen molar-refractivity contribution in [1.29, 1.82) is 0 Å². The molecule has 4 heteroatoms. The monoisotopic (exact) mass is 948 g/mol. The van der Waals surface area contributed by atoms with Gasteiger partial charge in [-0.05, 0) is 144 Å². The van der Waals surface area contributed by atoms with Crippen LogP contribution in [0.5, 0.6) is 0 Å². The summed E-state index contributed by atoms with van der Waals surface area (Å²) in [5, 5.41) is 0. The van der Waals surface area contributed by atoms with Crippen molar-refractivity contribution in [3.63, 3.8) is 0 Å². The molecular weight excluding hydrogens is 882 g/mol. The third-order valence-corrected chi connectivity index (χ3v) is 16.1. The van der Waals surface area contributed by atoms with Gasteiger partial charge in [0, 0.05) is 50.8 Å². The normalized spacial score (nSPS) is 14.3. The van der Waals surface area contributed by atoms with Crippen molar-refractivity contribution >= 4 is 74.3 Å². The van der Waals surface area contributed by atoms with Gasteiger partial charge in [0.05, 0.1) is 11.4 Å². The van der Waals surface area contributed by atoms with Gasteiger partial charge in [-0.15, -0.1) is 0 Å². The molecule has 360 valence electrons. The molecular formula is C69H66BN3. The molecule has 2 heterocycles. The summed E-state index contributed by atoms with van der Waals surface area (Å²) in [5.41, 5.74) is 25.8. The molecule has 9 aromatic carbocycles. The van der Waals surface area contributed by atoms with Crippen molar-refractivity contribution in [3.8, 4) is 22.3 Å². The summed E-state index contributed by atoms with van der Waals surface area (Å²) in [6, 6.07) is 75.9. The number of rotatable bonds is 6. The van der Waals surface area contributed by atoms with Crippen molar-refractivity contribution in [1.82, 2.24) is 0 Å². The highest BCUT2D eigenvalue weighted by Crippen LogP contribution is 2.56. The first kappa shape index (κ1) is 46.5. The Bertz CT molecular complexity index is 3610. The van der Waals surface area contributed by atoms with E-state index in [-0.39, 0.29) is 28.4 Å². The third-order valence-electron chi connectivity index (χ3n) is 16.1. The molecule has 2 aliphatic heterocycles. The van der Waals surface area contributed by atoms with E-state index < -0.39 is 0 Å². The Kier molecular flexibility index (Phi) is 10.7. The van der Waals surface area contributed by atoms with Gasteiger partial charge in [-0.1, -0.05) is 210 Å². The molecule has 0 saturated carbocycles. The maximum Gasteiger partial charge on any atom is 0.252 e. The number of hydrogen-bond donors (Lipinski definition) is 0. The summed E-state index contributed by atoms with van der Waals surface area (Å²) >= 11 is 0. The lowest BCUT2D eigenvalue weighted by atomic mass is 9.33. The lowest BCUT2D eigenvalue weighted by Gasteiger charge is -2.46. The van der Waals surface area contributed by atoms with Crippen molar-refractivity contribution in [2.75, 3.05) is 14.7 Å². The Morgan fingerprint density at radius 3 is 1.67 bits per heavy atom. The molecule has 1 aliphatic carbocycles. The Hall–Kier alpha value is -7.56. The number of hydrogen-bond acceptors (Lipinski definition) is 3. The number of fused-ring (bicyclic) bond motifs is 7. The van der Waals surface area contributed by atoms with Crippen LogP contribution >= 0.6 is 0 Å². The summed E-state index contributed by atoms with van der Waals surface area (Å²) in [6.07, 6.45) is 0. The van der Waals surface area contributed by atoms with Crippen molar-refractivity contribution < 1.29 is 0 Å². The molecule has 0 N–H and O–H groups in total. The summed E-state index contributed by atoms with van der Waals surface area (Å²) < 4.78 is 0. The molecule has 0 bridgehead atoms. The fourth-order valence-corrected chi connectivity index (χ4v) is 12.2. The second-order valence-corrected chi connectivity index (χ2v) is 24.3. The Morgan fingerprint density at radius 2 is 0.986 bits per heavy atom. The Labute approximate surface area is 434 Å². The molecule has 0 spiro atoms. The maximum absolute atomic E-state index is 2.68. The average molecular weight is 948 g/mol. The quantitative estimate of drug-likeness (QED) is 0.154. The van der Waals surface area contributed by atoms with Crippen LogP contribution in [0.1, 0.15) is 104 Å². The van der Waals surface area contributed by atoms with E-state index in [0.717, 1.165) is 17.1 Å². The first-order valence-corrected chi connectivity index (χ1v) is 26.3. The predicted molar refractivity (Wildman–Crippen MR) is 314 cm³/mol. The fourth-order valence-electron chi connectivity index (χ4n) is 12.2. The van der Waals surface area contributed by atoms with Crippen molar-refractivity contribution in [2.45, 2.75) is 97.8 Å². The predicted octanol–water partition coefficient (Wildman–Crippen LogP) is 17.1. The van der Waals surface area contributed by atoms with Gasteiger partial charge in [0.25, 0.3) is 6.71 Å². The molecule has 0 saturated heterocycles. The Balaban J connectivity index is 1.20. The minimum Gasteiger partial charge on any atom is -0.311 e. The van der Waals surface area contributed by atoms with Crippen LogP contribution in [-0.2, 0) is 21.7 Å². The molecule has 9 aromatic rings. The van der Waals surface area contributed by atoms with E-state index in [1.807, 2.05) is 0 Å². The van der Waals surface area contributed by atoms with Crippen LogP contribution < -0.4 is 31.1 Å². The van der Waals surface area contributed by atoms with E-state index in [4.69, 9.17) is 0 Å². The maximum atomic E-state index is 2.68. The fraction of sp³-hybridized carbons (Fsp3) is 0.217. The van der Waals surface area contributed by atoms with Crippen LogP contribution in [0.15, 0.2) is 200 Å². The highest BCUT2D eigenvalue weighted by Gasteiger charge is 2.47. The van der Waals surface area contributed by atoms with Gasteiger partial charge in [-0.25, -0.2) is 0 Å². The topological polar surface area (TPSA) is 9.72 Å². The van der Waals surface area contributed by atoms with Gasteiger partial charge in [-0.2, -0.15) is 0 Å². The standard InChI is InChI=1S/C69H66BN3/c1-66(2,3)46-33-36-50(37-34-46)72-59-40-35-47(67(4,5)6)41-57(59)70-56-39-38-51(71(49-25-16-13-17-26-49)58-31-21-19-27-52(58)45-23-14-12-15-24-45)44-61(56)73(63-43-48(68(7,8)9)42-62(72)65(63)70)60-32-22-29-54-53-28-18-20-30-55(53)69(10,11)64(54)60/h12-44H,1-11H3. The number of para-hydroxylation sites is 2. The number of nitrogens with zero attached hydrogens (tertiary/aromatic N) is 3. The zero-order valence-corrected chi connectivity index (χ0v) is 44.5. The summed E-state index contributed by atoms with van der Waals surface area (Å²) in [4.78, 5) is 7.74. The average Bonchev–Trinajstić information content (AvgIpc) is 3.62. The van der Waals surface area contributed by atoms with Crippen molar-refractivity contribution in [2.24, 2.45) is 0 Å². The molecule has 3 nitrogen and oxygen atoms in total. The van der Waals surface area contributed by atoms with E-state index >= 15 is 0 Å². The van der Waals surface area contributed by atoms with E-state index in [0.29, 0.717) is 0 Å². The molecule has 12 rings (SSSR count). The molecule has 0 unspecified atom stereocenters. The first-order valence-electron chi connectivity index (χ1n) is 26.3. The summed E-state index contributed by atoms with van der Waals surface area (Å²) in [5.74, 6) is 0. The molecule has 0 amide bonds. The van der Waals surface area contributed by atoms with Crippen LogP contribution in [0, 0.1) is 0 Å². The SMILES string of the molecule is CC(C)(C)c1ccc(N2c3ccc(C(C)(C)C)cc3B3c4ccc(N(c5ccccc5)c5ccccc5-c5ccccc5)cc4N(c4cccc5c4C(C)(C)c4ccccc4-5)c4cc(C(C)(C)C)cc2c43)cc1. The van der Waals surface area contributed by atoms with Gasteiger partial charge in [0.1, 0.15) is 0 Å². The molecule has 0 radical (unpaired) electrons. The lowest BCUT2D eigenvalue weighted by molar-refractivity contribution is 0.589. The van der Waals surface area contributed by atoms with E-state index in [9.17, 15) is 0 Å². The molecule has 0 fully saturated rings. The third kappa shape index (κ3) is 7.55. The van der Waals surface area contributed by atoms with E-state index in [2.05, 4.69) is 291 Å². The van der Waals surface area contributed by atoms with E-state index in [1.54, 1.807) is 0 Å². The van der Waals surface area contributed by atoms with Crippen molar-refractivity contribution in [3.05, 3.63) is 228 Å². The number of anilines is 9. The van der Waals surface area contributed by atoms with Gasteiger partial charge in [0.2, 0.25) is 0 Å². The molecule has 73 heavy (non-hydrogen) atoms. The minimum absolute atomic E-state index is 0.0303. The highest BCUT2D eigenvalue weighted by atomic mass is 15.2. The second kappa shape index (κ2) is 16.8. The van der Waals surface area contributed by atoms with Crippen LogP contribution in [0.25, 0.3) is 22.3 Å². The van der Waals surface area contributed by atoms with Gasteiger partial charge in [0.15, 0.2) is 0 Å². The number of benzene rings is 9. The van der Waals surface area contributed by atoms with Crippen LogP contribution in [0.2, 0.25) is 0 Å². The van der Waals surface area contributed by atoms with Gasteiger partial charge >= 0.3 is 0 Å².